The summed E-state index contributed by atoms with van der Waals surface area (Å²) in [6.07, 6.45) is 6.93. The zero-order valence-corrected chi connectivity index (χ0v) is 10.0. The van der Waals surface area contributed by atoms with Crippen molar-refractivity contribution in [3.05, 3.63) is 17.6 Å². The lowest BCUT2D eigenvalue weighted by atomic mass is 9.94. The first-order chi connectivity index (χ1) is 7.72. The van der Waals surface area contributed by atoms with E-state index in [1.54, 1.807) is 0 Å². The molecule has 1 fully saturated rings. The first kappa shape index (κ1) is 11.2. The monoisotopic (exact) mass is 221 g/mol. The quantitative estimate of drug-likeness (QED) is 0.734. The minimum Gasteiger partial charge on any atom is -0.464 e. The Morgan fingerprint density at radius 1 is 1.31 bits per heavy atom. The Hall–Kier alpha value is -1.25. The van der Waals surface area contributed by atoms with E-state index in [2.05, 4.69) is 0 Å². The van der Waals surface area contributed by atoms with Crippen molar-refractivity contribution in [2.45, 2.75) is 52.0 Å². The predicted octanol–water partition coefficient (Wildman–Crippen LogP) is 3.19. The molecule has 1 saturated carbocycles. The Kier molecular flexibility index (Phi) is 3.32. The second kappa shape index (κ2) is 4.73. The lowest BCUT2D eigenvalue weighted by Crippen LogP contribution is -2.35. The molecule has 3 heteroatoms. The van der Waals surface area contributed by atoms with Gasteiger partial charge in [0, 0.05) is 12.1 Å². The Bertz CT molecular complexity index is 364. The van der Waals surface area contributed by atoms with E-state index in [0.717, 1.165) is 36.5 Å². The first-order valence-electron chi connectivity index (χ1n) is 6.03. The van der Waals surface area contributed by atoms with Gasteiger partial charge < -0.3 is 9.32 Å². The summed E-state index contributed by atoms with van der Waals surface area (Å²) in [4.78, 5) is 13.1. The topological polar surface area (TPSA) is 33.5 Å². The highest BCUT2D eigenvalue weighted by Gasteiger charge is 2.23. The lowest BCUT2D eigenvalue weighted by molar-refractivity contribution is -0.108. The number of hydrogen-bond acceptors (Lipinski definition) is 2. The van der Waals surface area contributed by atoms with Gasteiger partial charge in [0.15, 0.2) is 0 Å². The van der Waals surface area contributed by atoms with E-state index >= 15 is 0 Å². The minimum atomic E-state index is 0.363. The van der Waals surface area contributed by atoms with E-state index in [0.29, 0.717) is 6.04 Å². The molecule has 1 aromatic rings. The van der Waals surface area contributed by atoms with E-state index in [9.17, 15) is 4.79 Å². The van der Waals surface area contributed by atoms with E-state index in [-0.39, 0.29) is 0 Å². The maximum Gasteiger partial charge on any atom is 0.214 e. The molecule has 1 aliphatic rings. The lowest BCUT2D eigenvalue weighted by Gasteiger charge is -2.30. The van der Waals surface area contributed by atoms with Crippen molar-refractivity contribution in [2.24, 2.45) is 0 Å². The molecule has 0 N–H and O–H groups in total. The molecule has 0 aliphatic heterocycles. The molecule has 0 bridgehead atoms. The van der Waals surface area contributed by atoms with Gasteiger partial charge in [0.25, 0.3) is 0 Å². The van der Waals surface area contributed by atoms with Gasteiger partial charge >= 0.3 is 0 Å². The molecule has 0 spiro atoms. The fourth-order valence-electron chi connectivity index (χ4n) is 2.57. The van der Waals surface area contributed by atoms with Crippen LogP contribution in [0.4, 0.5) is 5.69 Å². The summed E-state index contributed by atoms with van der Waals surface area (Å²) < 4.78 is 5.49. The summed E-state index contributed by atoms with van der Waals surface area (Å²) >= 11 is 0. The number of anilines is 1. The molecule has 0 atom stereocenters. The largest absolute Gasteiger partial charge is 0.464 e. The summed E-state index contributed by atoms with van der Waals surface area (Å²) in [7, 11) is 0. The van der Waals surface area contributed by atoms with Crippen molar-refractivity contribution >= 4 is 12.1 Å². The molecule has 1 aromatic heterocycles. The average Bonchev–Trinajstić information content (AvgIpc) is 2.61. The van der Waals surface area contributed by atoms with Gasteiger partial charge in [-0.25, -0.2) is 0 Å². The molecule has 0 unspecified atom stereocenters. The van der Waals surface area contributed by atoms with Gasteiger partial charge in [-0.05, 0) is 26.7 Å². The molecule has 2 rings (SSSR count). The molecular formula is C13H19NO2. The normalized spacial score (nSPS) is 17.4. The molecule has 0 aromatic carbocycles. The van der Waals surface area contributed by atoms with Crippen LogP contribution in [0.25, 0.3) is 0 Å². The number of aryl methyl sites for hydroxylation is 2. The molecule has 1 heterocycles. The number of carbonyl (C=O) groups excluding carboxylic acids is 1. The van der Waals surface area contributed by atoms with Crippen LogP contribution in [0.15, 0.2) is 10.5 Å². The summed E-state index contributed by atoms with van der Waals surface area (Å²) in [6, 6.07) is 2.32. The Balaban J connectivity index is 2.21. The van der Waals surface area contributed by atoms with Gasteiger partial charge in [0.05, 0.1) is 5.69 Å². The zero-order chi connectivity index (χ0) is 11.5. The van der Waals surface area contributed by atoms with Crippen LogP contribution in [0.5, 0.6) is 0 Å². The van der Waals surface area contributed by atoms with Crippen LogP contribution in [-0.4, -0.2) is 12.5 Å². The molecule has 1 amide bonds. The van der Waals surface area contributed by atoms with Crippen LogP contribution in [0.2, 0.25) is 0 Å². The highest BCUT2D eigenvalue weighted by Crippen LogP contribution is 2.30. The first-order valence-corrected chi connectivity index (χ1v) is 6.03. The predicted molar refractivity (Wildman–Crippen MR) is 63.6 cm³/mol. The fourth-order valence-corrected chi connectivity index (χ4v) is 2.57. The zero-order valence-electron chi connectivity index (χ0n) is 10.0. The van der Waals surface area contributed by atoms with Crippen molar-refractivity contribution in [1.82, 2.24) is 0 Å². The second-order valence-corrected chi connectivity index (χ2v) is 4.60. The number of furan rings is 1. The van der Waals surface area contributed by atoms with Gasteiger partial charge in [0.1, 0.15) is 11.5 Å². The van der Waals surface area contributed by atoms with E-state index < -0.39 is 0 Å². The molecule has 88 valence electrons. The third-order valence-electron chi connectivity index (χ3n) is 3.37. The van der Waals surface area contributed by atoms with Crippen molar-refractivity contribution < 1.29 is 9.21 Å². The fraction of sp³-hybridized carbons (Fsp3) is 0.615. The highest BCUT2D eigenvalue weighted by atomic mass is 16.3. The Morgan fingerprint density at radius 3 is 2.50 bits per heavy atom. The molecule has 0 saturated heterocycles. The number of amides is 1. The maximum absolute atomic E-state index is 11.3. The van der Waals surface area contributed by atoms with Gasteiger partial charge in [0.2, 0.25) is 6.41 Å². The van der Waals surface area contributed by atoms with Crippen molar-refractivity contribution in [2.75, 3.05) is 4.90 Å². The van der Waals surface area contributed by atoms with Gasteiger partial charge in [-0.2, -0.15) is 0 Å². The summed E-state index contributed by atoms with van der Waals surface area (Å²) in [5, 5.41) is 0. The van der Waals surface area contributed by atoms with Crippen LogP contribution >= 0.6 is 0 Å². The standard InChI is InChI=1S/C13H19NO2/c1-10-8-13(11(2)16-10)14(9-15)12-6-4-3-5-7-12/h8-9,12H,3-7H2,1-2H3. The number of carbonyl (C=O) groups is 1. The average molecular weight is 221 g/mol. The molecule has 3 nitrogen and oxygen atoms in total. The molecule has 0 radical (unpaired) electrons. The van der Waals surface area contributed by atoms with E-state index in [1.807, 2.05) is 24.8 Å². The van der Waals surface area contributed by atoms with Crippen LogP contribution in [0.1, 0.15) is 43.6 Å². The van der Waals surface area contributed by atoms with Gasteiger partial charge in [-0.15, -0.1) is 0 Å². The summed E-state index contributed by atoms with van der Waals surface area (Å²) in [5.41, 5.74) is 0.944. The summed E-state index contributed by atoms with van der Waals surface area (Å²) in [5.74, 6) is 1.71. The van der Waals surface area contributed by atoms with Crippen LogP contribution in [-0.2, 0) is 4.79 Å². The smallest absolute Gasteiger partial charge is 0.214 e. The van der Waals surface area contributed by atoms with Gasteiger partial charge in [-0.1, -0.05) is 19.3 Å². The Morgan fingerprint density at radius 2 is 2.00 bits per heavy atom. The molecular weight excluding hydrogens is 202 g/mol. The molecule has 1 aliphatic carbocycles. The third kappa shape index (κ3) is 2.13. The van der Waals surface area contributed by atoms with Crippen molar-refractivity contribution in [3.63, 3.8) is 0 Å². The summed E-state index contributed by atoms with van der Waals surface area (Å²) in [6.45, 7) is 3.84. The van der Waals surface area contributed by atoms with E-state index in [1.165, 1.54) is 19.3 Å². The second-order valence-electron chi connectivity index (χ2n) is 4.60. The van der Waals surface area contributed by atoms with Crippen molar-refractivity contribution in [1.29, 1.82) is 0 Å². The maximum atomic E-state index is 11.3. The van der Waals surface area contributed by atoms with Gasteiger partial charge in [-0.3, -0.25) is 4.79 Å². The number of hydrogen-bond donors (Lipinski definition) is 0. The van der Waals surface area contributed by atoms with Crippen LogP contribution in [0, 0.1) is 13.8 Å². The van der Waals surface area contributed by atoms with Crippen molar-refractivity contribution in [3.8, 4) is 0 Å². The SMILES string of the molecule is Cc1cc(N(C=O)C2CCCCC2)c(C)o1. The number of nitrogens with zero attached hydrogens (tertiary/aromatic N) is 1. The minimum absolute atomic E-state index is 0.363. The molecule has 16 heavy (non-hydrogen) atoms. The van der Waals surface area contributed by atoms with E-state index in [4.69, 9.17) is 4.42 Å². The Labute approximate surface area is 96.4 Å². The number of rotatable bonds is 3. The van der Waals surface area contributed by atoms with Crippen LogP contribution < -0.4 is 4.90 Å². The third-order valence-corrected chi connectivity index (χ3v) is 3.37. The highest BCUT2D eigenvalue weighted by molar-refractivity contribution is 5.77. The van der Waals surface area contributed by atoms with Crippen LogP contribution in [0.3, 0.4) is 0 Å².